The van der Waals surface area contributed by atoms with Crippen LogP contribution in [0.1, 0.15) is 86.6 Å². The third-order valence-electron chi connectivity index (χ3n) is 7.04. The highest BCUT2D eigenvalue weighted by Crippen LogP contribution is 2.47. The fourth-order valence-electron chi connectivity index (χ4n) is 4.66. The van der Waals surface area contributed by atoms with Gasteiger partial charge in [0, 0.05) is 10.3 Å². The Kier molecular flexibility index (Phi) is 8.78. The number of thiophene rings is 1. The van der Waals surface area contributed by atoms with Gasteiger partial charge in [-0.2, -0.15) is 0 Å². The molecule has 0 aliphatic heterocycles. The van der Waals surface area contributed by atoms with Crippen molar-refractivity contribution in [3.63, 3.8) is 0 Å². The van der Waals surface area contributed by atoms with Crippen molar-refractivity contribution in [3.05, 3.63) is 50.9 Å². The van der Waals surface area contributed by atoms with Gasteiger partial charge in [0.15, 0.2) is 0 Å². The lowest BCUT2D eigenvalue weighted by Gasteiger charge is -2.33. The van der Waals surface area contributed by atoms with Crippen LogP contribution in [-0.4, -0.2) is 30.7 Å². The number of aliphatic hydroxyl groups excluding tert-OH is 1. The number of hydrogen-bond acceptors (Lipinski definition) is 5. The fourth-order valence-corrected chi connectivity index (χ4v) is 7.33. The van der Waals surface area contributed by atoms with E-state index in [1.165, 1.54) is 0 Å². The number of carboxylic acids is 1. The molecule has 0 aliphatic rings. The van der Waals surface area contributed by atoms with E-state index in [-0.39, 0.29) is 16.0 Å². The van der Waals surface area contributed by atoms with E-state index >= 15 is 0 Å². The van der Waals surface area contributed by atoms with Gasteiger partial charge >= 0.3 is 5.97 Å². The summed E-state index contributed by atoms with van der Waals surface area (Å²) in [6.07, 6.45) is 2.13. The molecule has 6 nitrogen and oxygen atoms in total. The Morgan fingerprint density at radius 2 is 1.74 bits per heavy atom. The first-order valence-corrected chi connectivity index (χ1v) is 14.1. The lowest BCUT2D eigenvalue weighted by molar-refractivity contribution is -0.136. The van der Waals surface area contributed by atoms with E-state index in [0.717, 1.165) is 39.3 Å². The highest BCUT2D eigenvalue weighted by molar-refractivity contribution is 7.91. The summed E-state index contributed by atoms with van der Waals surface area (Å²) in [5.74, 6) is -1.01. The third-order valence-corrected chi connectivity index (χ3v) is 10.1. The van der Waals surface area contributed by atoms with Gasteiger partial charge < -0.3 is 10.2 Å². The largest absolute Gasteiger partial charge is 0.481 e. The van der Waals surface area contributed by atoms with E-state index < -0.39 is 27.5 Å². The number of aryl methyl sites for hydroxylation is 2. The molecule has 1 atom stereocenters. The molecule has 1 aromatic heterocycles. The van der Waals surface area contributed by atoms with Crippen LogP contribution in [0.4, 0.5) is 0 Å². The third kappa shape index (κ3) is 5.90. The van der Waals surface area contributed by atoms with E-state index in [1.807, 2.05) is 41.5 Å². The Morgan fingerprint density at radius 3 is 2.18 bits per heavy atom. The van der Waals surface area contributed by atoms with Gasteiger partial charge in [-0.25, -0.2) is 13.6 Å². The summed E-state index contributed by atoms with van der Waals surface area (Å²) in [5, 5.41) is 25.5. The van der Waals surface area contributed by atoms with Crippen molar-refractivity contribution in [2.75, 3.05) is 0 Å². The highest BCUT2D eigenvalue weighted by atomic mass is 32.2. The van der Waals surface area contributed by atoms with Crippen molar-refractivity contribution in [1.29, 1.82) is 0 Å². The molecule has 0 spiro atoms. The van der Waals surface area contributed by atoms with Crippen LogP contribution in [0.5, 0.6) is 0 Å². The SMILES string of the molecule is CCC(CC)(c1ccc(CCC(O)C(C)(C)C)c(C)c1)c1sc(S(N)(=O)=O)c(C)c1CC(=O)O. The Labute approximate surface area is 208 Å². The average molecular weight is 510 g/mol. The molecule has 4 N–H and O–H groups in total. The molecular weight excluding hydrogens is 470 g/mol. The van der Waals surface area contributed by atoms with Crippen LogP contribution in [0.2, 0.25) is 0 Å². The molecular formula is C26H39NO5S2. The lowest BCUT2D eigenvalue weighted by atomic mass is 9.72. The molecule has 34 heavy (non-hydrogen) atoms. The van der Waals surface area contributed by atoms with Crippen molar-refractivity contribution in [1.82, 2.24) is 0 Å². The fraction of sp³-hybridized carbons (Fsp3) is 0.577. The van der Waals surface area contributed by atoms with E-state index in [9.17, 15) is 23.4 Å². The molecule has 0 saturated heterocycles. The van der Waals surface area contributed by atoms with Crippen molar-refractivity contribution in [2.45, 2.75) is 96.3 Å². The highest BCUT2D eigenvalue weighted by Gasteiger charge is 2.38. The molecule has 0 bridgehead atoms. The number of hydrogen-bond donors (Lipinski definition) is 3. The second-order valence-corrected chi connectivity index (χ2v) is 13.1. The number of primary sulfonamides is 1. The number of benzene rings is 1. The van der Waals surface area contributed by atoms with E-state index in [0.29, 0.717) is 30.4 Å². The molecule has 0 saturated carbocycles. The van der Waals surface area contributed by atoms with Crippen LogP contribution < -0.4 is 5.14 Å². The first-order valence-electron chi connectivity index (χ1n) is 11.7. The van der Waals surface area contributed by atoms with Gasteiger partial charge in [0.2, 0.25) is 10.0 Å². The minimum atomic E-state index is -3.97. The van der Waals surface area contributed by atoms with Gasteiger partial charge in [-0.05, 0) is 72.8 Å². The maximum atomic E-state index is 12.3. The van der Waals surface area contributed by atoms with Gasteiger partial charge in [0.25, 0.3) is 0 Å². The lowest BCUT2D eigenvalue weighted by Crippen LogP contribution is -2.27. The molecule has 1 heterocycles. The first kappa shape index (κ1) is 28.5. The smallest absolute Gasteiger partial charge is 0.307 e. The van der Waals surface area contributed by atoms with Crippen LogP contribution in [0.25, 0.3) is 0 Å². The van der Waals surface area contributed by atoms with Crippen molar-refractivity contribution in [3.8, 4) is 0 Å². The number of carbonyl (C=O) groups is 1. The van der Waals surface area contributed by atoms with Gasteiger partial charge in [-0.1, -0.05) is 52.8 Å². The summed E-state index contributed by atoms with van der Waals surface area (Å²) in [7, 11) is -3.97. The maximum Gasteiger partial charge on any atom is 0.307 e. The minimum absolute atomic E-state index is 0.0366. The average Bonchev–Trinajstić information content (AvgIpc) is 3.04. The zero-order valence-corrected chi connectivity index (χ0v) is 23.0. The maximum absolute atomic E-state index is 12.3. The van der Waals surface area contributed by atoms with Crippen molar-refractivity contribution >= 4 is 27.3 Å². The number of aliphatic carboxylic acids is 1. The Bertz CT molecular complexity index is 1140. The molecule has 0 aliphatic carbocycles. The molecule has 0 radical (unpaired) electrons. The molecule has 1 unspecified atom stereocenters. The summed E-state index contributed by atoms with van der Waals surface area (Å²) >= 11 is 1.10. The van der Waals surface area contributed by atoms with E-state index in [4.69, 9.17) is 5.14 Å². The molecule has 1 aromatic carbocycles. The zero-order chi connectivity index (χ0) is 26.1. The van der Waals surface area contributed by atoms with Crippen LogP contribution >= 0.6 is 11.3 Å². The van der Waals surface area contributed by atoms with Gasteiger partial charge in [0.1, 0.15) is 4.21 Å². The zero-order valence-electron chi connectivity index (χ0n) is 21.4. The first-order chi connectivity index (χ1) is 15.6. The number of rotatable bonds is 10. The van der Waals surface area contributed by atoms with Gasteiger partial charge in [0.05, 0.1) is 12.5 Å². The molecule has 8 heteroatoms. The molecule has 190 valence electrons. The van der Waals surface area contributed by atoms with Crippen LogP contribution in [0.15, 0.2) is 22.4 Å². The second-order valence-electron chi connectivity index (χ2n) is 10.3. The number of sulfonamides is 1. The topological polar surface area (TPSA) is 118 Å². The number of nitrogens with two attached hydrogens (primary N) is 1. The van der Waals surface area contributed by atoms with Crippen LogP contribution in [0, 0.1) is 19.3 Å². The standard InChI is InChI=1S/C26H39NO5S2/c1-8-26(9-2,23-20(15-22(29)30)17(4)24(33-23)34(27,31)32)19-12-10-18(16(3)14-19)11-13-21(28)25(5,6)7/h10,12,14,21,28H,8-9,11,13,15H2,1-7H3,(H,29,30)(H2,27,31,32). The monoisotopic (exact) mass is 509 g/mol. The molecule has 2 rings (SSSR count). The van der Waals surface area contributed by atoms with Crippen LogP contribution in [0.3, 0.4) is 0 Å². The quantitative estimate of drug-likeness (QED) is 0.413. The predicted molar refractivity (Wildman–Crippen MR) is 138 cm³/mol. The summed E-state index contributed by atoms with van der Waals surface area (Å²) in [6, 6.07) is 6.27. The van der Waals surface area contributed by atoms with Crippen molar-refractivity contribution in [2.24, 2.45) is 10.6 Å². The number of carboxylic acid groups (broad SMARTS) is 1. The number of aliphatic hydroxyl groups is 1. The van der Waals surface area contributed by atoms with E-state index in [1.54, 1.807) is 6.92 Å². The molecule has 0 fully saturated rings. The minimum Gasteiger partial charge on any atom is -0.481 e. The Morgan fingerprint density at radius 1 is 1.15 bits per heavy atom. The summed E-state index contributed by atoms with van der Waals surface area (Å²) in [5.41, 5.74) is 3.56. The van der Waals surface area contributed by atoms with Crippen LogP contribution in [-0.2, 0) is 33.1 Å². The molecule has 2 aromatic rings. The van der Waals surface area contributed by atoms with Gasteiger partial charge in [-0.3, -0.25) is 4.79 Å². The summed E-state index contributed by atoms with van der Waals surface area (Å²) in [6.45, 7) is 13.9. The second kappa shape index (κ2) is 10.5. The Balaban J connectivity index is 2.61. The summed E-state index contributed by atoms with van der Waals surface area (Å²) in [4.78, 5) is 12.4. The van der Waals surface area contributed by atoms with E-state index in [2.05, 4.69) is 18.2 Å². The Hall–Kier alpha value is -1.74. The van der Waals surface area contributed by atoms with Gasteiger partial charge in [-0.15, -0.1) is 11.3 Å². The normalized spacial score (nSPS) is 13.8. The van der Waals surface area contributed by atoms with Crippen molar-refractivity contribution < 1.29 is 23.4 Å². The summed E-state index contributed by atoms with van der Waals surface area (Å²) < 4.78 is 24.6. The molecule has 0 amide bonds. The predicted octanol–water partition coefficient (Wildman–Crippen LogP) is 5.09.